The van der Waals surface area contributed by atoms with Crippen LogP contribution in [-0.4, -0.2) is 72.4 Å². The van der Waals surface area contributed by atoms with Gasteiger partial charge >= 0.3 is 11.9 Å². The molecule has 0 aliphatic carbocycles. The van der Waals surface area contributed by atoms with Gasteiger partial charge in [0.25, 0.3) is 0 Å². The number of rotatable bonds is 12. The van der Waals surface area contributed by atoms with E-state index < -0.39 is 11.9 Å². The largest absolute Gasteiger partial charge is 0.481 e. The molecule has 20 heavy (non-hydrogen) atoms. The second-order valence-corrected chi connectivity index (χ2v) is 4.22. The second kappa shape index (κ2) is 11.2. The van der Waals surface area contributed by atoms with Gasteiger partial charge in [0.05, 0.1) is 26.1 Å². The maximum absolute atomic E-state index is 10.8. The minimum Gasteiger partial charge on any atom is -0.481 e. The van der Waals surface area contributed by atoms with Crippen LogP contribution in [0.25, 0.3) is 0 Å². The quantitative estimate of drug-likeness (QED) is 0.410. The summed E-state index contributed by atoms with van der Waals surface area (Å²) in [5.74, 6) is -1.94. The van der Waals surface area contributed by atoms with Crippen LogP contribution in [0.15, 0.2) is 0 Å². The number of hydrogen-bond donors (Lipinski definition) is 3. The molecule has 116 valence electrons. The molecule has 0 rings (SSSR count). The lowest BCUT2D eigenvalue weighted by molar-refractivity contribution is -0.139. The molecule has 0 spiro atoms. The third-order valence-corrected chi connectivity index (χ3v) is 2.46. The Morgan fingerprint density at radius 3 is 2.20 bits per heavy atom. The maximum atomic E-state index is 10.8. The molecule has 0 aromatic carbocycles. The molecule has 0 heterocycles. The Hall–Kier alpha value is -1.67. The molecule has 0 atom stereocenters. The van der Waals surface area contributed by atoms with Gasteiger partial charge in [0, 0.05) is 33.1 Å². The molecule has 8 nitrogen and oxygen atoms in total. The van der Waals surface area contributed by atoms with Crippen molar-refractivity contribution in [2.45, 2.75) is 19.8 Å². The normalized spacial score (nSPS) is 10.5. The Bertz CT molecular complexity index is 321. The first kappa shape index (κ1) is 18.3. The van der Waals surface area contributed by atoms with E-state index in [1.54, 1.807) is 0 Å². The zero-order valence-electron chi connectivity index (χ0n) is 11.6. The molecule has 0 radical (unpaired) electrons. The number of carbonyl (C=O) groups excluding carboxylic acids is 1. The van der Waals surface area contributed by atoms with Crippen LogP contribution in [-0.2, 0) is 19.1 Å². The van der Waals surface area contributed by atoms with Crippen molar-refractivity contribution in [3.63, 3.8) is 0 Å². The Balaban J connectivity index is 3.87. The fraction of sp³-hybridized carbons (Fsp3) is 0.750. The van der Waals surface area contributed by atoms with E-state index in [0.29, 0.717) is 32.8 Å². The van der Waals surface area contributed by atoms with Gasteiger partial charge in [0.2, 0.25) is 5.91 Å². The van der Waals surface area contributed by atoms with Gasteiger partial charge < -0.3 is 20.3 Å². The molecular weight excluding hydrogens is 268 g/mol. The number of carboxylic acid groups (broad SMARTS) is 2. The van der Waals surface area contributed by atoms with Crippen molar-refractivity contribution in [1.29, 1.82) is 0 Å². The van der Waals surface area contributed by atoms with Gasteiger partial charge in [-0.05, 0) is 0 Å². The molecule has 0 unspecified atom stereocenters. The molecule has 0 aliphatic heterocycles. The van der Waals surface area contributed by atoms with Gasteiger partial charge in [-0.3, -0.25) is 19.3 Å². The van der Waals surface area contributed by atoms with Crippen molar-refractivity contribution < 1.29 is 29.3 Å². The Labute approximate surface area is 117 Å². The van der Waals surface area contributed by atoms with Crippen molar-refractivity contribution in [2.75, 3.05) is 39.4 Å². The SMILES string of the molecule is CC(=O)NCCN(CCOCCC(=O)O)CCC(=O)O. The first-order valence-electron chi connectivity index (χ1n) is 6.40. The van der Waals surface area contributed by atoms with E-state index in [2.05, 4.69) is 5.32 Å². The molecule has 1 amide bonds. The Morgan fingerprint density at radius 1 is 1.00 bits per heavy atom. The predicted molar refractivity (Wildman–Crippen MR) is 70.4 cm³/mol. The van der Waals surface area contributed by atoms with Crippen LogP contribution in [0.5, 0.6) is 0 Å². The minimum atomic E-state index is -0.918. The molecule has 0 saturated carbocycles. The van der Waals surface area contributed by atoms with Crippen molar-refractivity contribution >= 4 is 17.8 Å². The number of aliphatic carboxylic acids is 2. The monoisotopic (exact) mass is 290 g/mol. The average Bonchev–Trinajstić information content (AvgIpc) is 2.33. The maximum Gasteiger partial charge on any atom is 0.305 e. The lowest BCUT2D eigenvalue weighted by atomic mass is 10.3. The van der Waals surface area contributed by atoms with Crippen LogP contribution in [0.3, 0.4) is 0 Å². The summed E-state index contributed by atoms with van der Waals surface area (Å²) in [6, 6.07) is 0. The molecule has 0 saturated heterocycles. The summed E-state index contributed by atoms with van der Waals surface area (Å²) in [7, 11) is 0. The van der Waals surface area contributed by atoms with E-state index in [1.807, 2.05) is 4.90 Å². The molecule has 0 aliphatic rings. The molecule has 0 bridgehead atoms. The summed E-state index contributed by atoms with van der Waals surface area (Å²) in [5.41, 5.74) is 0. The summed E-state index contributed by atoms with van der Waals surface area (Å²) in [4.78, 5) is 33.4. The molecule has 0 aromatic heterocycles. The van der Waals surface area contributed by atoms with E-state index in [0.717, 1.165) is 0 Å². The number of carbonyl (C=O) groups is 3. The number of hydrogen-bond acceptors (Lipinski definition) is 5. The van der Waals surface area contributed by atoms with Crippen molar-refractivity contribution in [3.05, 3.63) is 0 Å². The zero-order chi connectivity index (χ0) is 15.4. The molecule has 0 aromatic rings. The third-order valence-electron chi connectivity index (χ3n) is 2.46. The molecule has 0 fully saturated rings. The number of carboxylic acids is 2. The van der Waals surface area contributed by atoms with Crippen LogP contribution in [0, 0.1) is 0 Å². The molecule has 8 heteroatoms. The number of nitrogens with one attached hydrogen (secondary N) is 1. The standard InChI is InChI=1S/C12H22N2O6/c1-10(15)13-4-6-14(5-2-11(16)17)7-9-20-8-3-12(18)19/h2-9H2,1H3,(H,13,15)(H,16,17)(H,18,19). The average molecular weight is 290 g/mol. The highest BCUT2D eigenvalue weighted by Gasteiger charge is 2.08. The van der Waals surface area contributed by atoms with Crippen molar-refractivity contribution in [1.82, 2.24) is 10.2 Å². The highest BCUT2D eigenvalue weighted by molar-refractivity contribution is 5.72. The summed E-state index contributed by atoms with van der Waals surface area (Å²) in [6.07, 6.45) is -0.0454. The molecule has 3 N–H and O–H groups in total. The summed E-state index contributed by atoms with van der Waals surface area (Å²) in [5, 5.41) is 19.7. The fourth-order valence-electron chi connectivity index (χ4n) is 1.43. The highest BCUT2D eigenvalue weighted by Crippen LogP contribution is 1.93. The predicted octanol–water partition coefficient (Wildman–Crippen LogP) is -0.609. The Kier molecular flexibility index (Phi) is 10.2. The fourth-order valence-corrected chi connectivity index (χ4v) is 1.43. The van der Waals surface area contributed by atoms with E-state index in [1.165, 1.54) is 6.92 Å². The lowest BCUT2D eigenvalue weighted by Gasteiger charge is -2.21. The van der Waals surface area contributed by atoms with Gasteiger partial charge in [-0.15, -0.1) is 0 Å². The lowest BCUT2D eigenvalue weighted by Crippen LogP contribution is -2.37. The number of ether oxygens (including phenoxy) is 1. The van der Waals surface area contributed by atoms with Gasteiger partial charge in [-0.25, -0.2) is 0 Å². The first-order valence-corrected chi connectivity index (χ1v) is 6.40. The van der Waals surface area contributed by atoms with Gasteiger partial charge in [-0.2, -0.15) is 0 Å². The van der Waals surface area contributed by atoms with E-state index in [9.17, 15) is 14.4 Å². The third kappa shape index (κ3) is 12.8. The topological polar surface area (TPSA) is 116 Å². The number of amides is 1. The van der Waals surface area contributed by atoms with Crippen LogP contribution < -0.4 is 5.32 Å². The van der Waals surface area contributed by atoms with E-state index >= 15 is 0 Å². The van der Waals surface area contributed by atoms with Crippen LogP contribution in [0.4, 0.5) is 0 Å². The van der Waals surface area contributed by atoms with Crippen LogP contribution >= 0.6 is 0 Å². The minimum absolute atomic E-state index is 0.00912. The van der Waals surface area contributed by atoms with Crippen LogP contribution in [0.1, 0.15) is 19.8 Å². The zero-order valence-corrected chi connectivity index (χ0v) is 11.6. The molecular formula is C12H22N2O6. The van der Waals surface area contributed by atoms with E-state index in [4.69, 9.17) is 14.9 Å². The van der Waals surface area contributed by atoms with E-state index in [-0.39, 0.29) is 25.4 Å². The van der Waals surface area contributed by atoms with Crippen molar-refractivity contribution in [3.8, 4) is 0 Å². The van der Waals surface area contributed by atoms with Gasteiger partial charge in [0.15, 0.2) is 0 Å². The summed E-state index contributed by atoms with van der Waals surface area (Å²) < 4.78 is 5.15. The van der Waals surface area contributed by atoms with Crippen molar-refractivity contribution in [2.24, 2.45) is 0 Å². The van der Waals surface area contributed by atoms with Crippen LogP contribution in [0.2, 0.25) is 0 Å². The van der Waals surface area contributed by atoms with Gasteiger partial charge in [-0.1, -0.05) is 0 Å². The second-order valence-electron chi connectivity index (χ2n) is 4.22. The smallest absolute Gasteiger partial charge is 0.305 e. The summed E-state index contributed by atoms with van der Waals surface area (Å²) >= 11 is 0. The number of nitrogens with zero attached hydrogens (tertiary/aromatic N) is 1. The Morgan fingerprint density at radius 2 is 1.65 bits per heavy atom. The summed E-state index contributed by atoms with van der Waals surface area (Å²) in [6.45, 7) is 3.68. The highest BCUT2D eigenvalue weighted by atomic mass is 16.5. The first-order chi connectivity index (χ1) is 9.41. The van der Waals surface area contributed by atoms with Gasteiger partial charge in [0.1, 0.15) is 0 Å².